The molecule has 0 spiro atoms. The molecule has 0 amide bonds. The van der Waals surface area contributed by atoms with E-state index in [-0.39, 0.29) is 12.1 Å². The maximum atomic E-state index is 5.83. The third kappa shape index (κ3) is 5.18. The molecule has 0 aromatic heterocycles. The quantitative estimate of drug-likeness (QED) is 0.346. The molecule has 0 aliphatic carbocycles. The number of guanidine groups is 1. The molecule has 0 aliphatic heterocycles. The van der Waals surface area contributed by atoms with Crippen LogP contribution < -0.4 is 20.9 Å². The first kappa shape index (κ1) is 16.6. The molecule has 21 heavy (non-hydrogen) atoms. The summed E-state index contributed by atoms with van der Waals surface area (Å²) in [7, 11) is 1.59. The first-order valence-electron chi connectivity index (χ1n) is 6.58. The number of benzene rings is 1. The van der Waals surface area contributed by atoms with Crippen molar-refractivity contribution < 1.29 is 9.47 Å². The lowest BCUT2D eigenvalue weighted by molar-refractivity contribution is 0.228. The zero-order valence-electron chi connectivity index (χ0n) is 12.7. The van der Waals surface area contributed by atoms with Crippen molar-refractivity contribution in [1.82, 2.24) is 0 Å². The summed E-state index contributed by atoms with van der Waals surface area (Å²) in [6, 6.07) is 3.75. The van der Waals surface area contributed by atoms with Gasteiger partial charge < -0.3 is 20.9 Å². The van der Waals surface area contributed by atoms with Gasteiger partial charge in [0, 0.05) is 5.56 Å². The molecule has 1 aromatic rings. The zero-order chi connectivity index (χ0) is 15.8. The van der Waals surface area contributed by atoms with Crippen molar-refractivity contribution in [2.45, 2.75) is 26.4 Å². The fraction of sp³-hybridized carbons (Fsp3) is 0.333. The number of hydrogen-bond acceptors (Lipinski definition) is 4. The van der Waals surface area contributed by atoms with Crippen molar-refractivity contribution in [1.29, 1.82) is 0 Å². The van der Waals surface area contributed by atoms with E-state index in [2.05, 4.69) is 16.8 Å². The van der Waals surface area contributed by atoms with E-state index in [4.69, 9.17) is 20.9 Å². The molecular formula is C15H22N4O2. The van der Waals surface area contributed by atoms with Crippen LogP contribution >= 0.6 is 0 Å². The van der Waals surface area contributed by atoms with Crippen molar-refractivity contribution in [3.63, 3.8) is 0 Å². The first-order chi connectivity index (χ1) is 9.97. The Labute approximate surface area is 125 Å². The van der Waals surface area contributed by atoms with Gasteiger partial charge >= 0.3 is 0 Å². The Kier molecular flexibility index (Phi) is 6.26. The van der Waals surface area contributed by atoms with Crippen molar-refractivity contribution in [2.24, 2.45) is 21.7 Å². The Morgan fingerprint density at radius 3 is 2.62 bits per heavy atom. The van der Waals surface area contributed by atoms with E-state index in [9.17, 15) is 0 Å². The van der Waals surface area contributed by atoms with Gasteiger partial charge in [-0.2, -0.15) is 5.10 Å². The molecule has 114 valence electrons. The molecule has 0 radical (unpaired) electrons. The average Bonchev–Trinajstić information content (AvgIpc) is 2.40. The molecule has 0 unspecified atom stereocenters. The summed E-state index contributed by atoms with van der Waals surface area (Å²) in [5, 5.41) is 7.37. The lowest BCUT2D eigenvalue weighted by Gasteiger charge is -2.17. The Morgan fingerprint density at radius 2 is 2.10 bits per heavy atom. The lowest BCUT2D eigenvalue weighted by atomic mass is 10.1. The van der Waals surface area contributed by atoms with Gasteiger partial charge in [-0.3, -0.25) is 0 Å². The predicted molar refractivity (Wildman–Crippen MR) is 86.1 cm³/mol. The molecule has 6 heteroatoms. The minimum Gasteiger partial charge on any atom is -0.493 e. The van der Waals surface area contributed by atoms with Crippen LogP contribution in [0, 0.1) is 0 Å². The van der Waals surface area contributed by atoms with Gasteiger partial charge in [0.2, 0.25) is 5.96 Å². The van der Waals surface area contributed by atoms with Crippen LogP contribution in [0.25, 0.3) is 0 Å². The highest BCUT2D eigenvalue weighted by Crippen LogP contribution is 2.34. The Bertz CT molecular complexity index is 547. The standard InChI is InChI=1S/C15H22N4O2/c1-5-6-12-7-11(9-18-19-15(16)17)8-13(20-4)14(12)21-10(2)3/h5,7-10H,1,6H2,2-4H3,(H4,16,17,19). The van der Waals surface area contributed by atoms with Gasteiger partial charge in [0.05, 0.1) is 19.4 Å². The minimum atomic E-state index is -0.0932. The molecule has 0 bridgehead atoms. The molecule has 6 nitrogen and oxygen atoms in total. The van der Waals surface area contributed by atoms with Gasteiger partial charge in [-0.25, -0.2) is 0 Å². The summed E-state index contributed by atoms with van der Waals surface area (Å²) in [5.74, 6) is 1.25. The topological polar surface area (TPSA) is 95.2 Å². The van der Waals surface area contributed by atoms with Crippen molar-refractivity contribution in [2.75, 3.05) is 7.11 Å². The van der Waals surface area contributed by atoms with Gasteiger partial charge in [0.25, 0.3) is 0 Å². The number of ether oxygens (including phenoxy) is 2. The third-order valence-electron chi connectivity index (χ3n) is 2.47. The maximum absolute atomic E-state index is 5.83. The van der Waals surface area contributed by atoms with E-state index in [1.807, 2.05) is 26.0 Å². The highest BCUT2D eigenvalue weighted by molar-refractivity contribution is 5.83. The van der Waals surface area contributed by atoms with Crippen LogP contribution in [0.2, 0.25) is 0 Å². The minimum absolute atomic E-state index is 0.0450. The highest BCUT2D eigenvalue weighted by Gasteiger charge is 2.13. The number of hydrogen-bond donors (Lipinski definition) is 2. The number of nitrogens with two attached hydrogens (primary N) is 2. The highest BCUT2D eigenvalue weighted by atomic mass is 16.5. The molecule has 1 aromatic carbocycles. The van der Waals surface area contributed by atoms with Gasteiger partial charge in [0.15, 0.2) is 11.5 Å². The number of methoxy groups -OCH3 is 1. The second-order valence-electron chi connectivity index (χ2n) is 4.64. The monoisotopic (exact) mass is 290 g/mol. The maximum Gasteiger partial charge on any atom is 0.211 e. The molecule has 0 fully saturated rings. The van der Waals surface area contributed by atoms with E-state index in [0.717, 1.165) is 11.1 Å². The second kappa shape index (κ2) is 7.94. The molecule has 0 aliphatic rings. The van der Waals surface area contributed by atoms with Crippen molar-refractivity contribution in [3.05, 3.63) is 35.9 Å². The molecule has 0 heterocycles. The number of rotatable bonds is 7. The van der Waals surface area contributed by atoms with Crippen LogP contribution in [0.1, 0.15) is 25.0 Å². The van der Waals surface area contributed by atoms with Crippen LogP contribution in [-0.4, -0.2) is 25.4 Å². The van der Waals surface area contributed by atoms with E-state index < -0.39 is 0 Å². The fourth-order valence-electron chi connectivity index (χ4n) is 1.75. The largest absolute Gasteiger partial charge is 0.493 e. The van der Waals surface area contributed by atoms with Crippen LogP contribution in [0.4, 0.5) is 0 Å². The Hall–Kier alpha value is -2.50. The fourth-order valence-corrected chi connectivity index (χ4v) is 1.75. The van der Waals surface area contributed by atoms with Crippen molar-refractivity contribution in [3.8, 4) is 11.5 Å². The molecule has 4 N–H and O–H groups in total. The zero-order valence-corrected chi connectivity index (χ0v) is 12.7. The van der Waals surface area contributed by atoms with Crippen LogP contribution in [0.5, 0.6) is 11.5 Å². The lowest BCUT2D eigenvalue weighted by Crippen LogP contribution is -2.21. The van der Waals surface area contributed by atoms with Crippen LogP contribution in [-0.2, 0) is 6.42 Å². The van der Waals surface area contributed by atoms with E-state index >= 15 is 0 Å². The summed E-state index contributed by atoms with van der Waals surface area (Å²) >= 11 is 0. The van der Waals surface area contributed by atoms with E-state index in [0.29, 0.717) is 17.9 Å². The summed E-state index contributed by atoms with van der Waals surface area (Å²) in [4.78, 5) is 0. The third-order valence-corrected chi connectivity index (χ3v) is 2.47. The molecule has 0 saturated carbocycles. The summed E-state index contributed by atoms with van der Waals surface area (Å²) < 4.78 is 11.2. The average molecular weight is 290 g/mol. The number of allylic oxidation sites excluding steroid dienone is 1. The summed E-state index contributed by atoms with van der Waals surface area (Å²) in [6.07, 6.45) is 4.05. The second-order valence-corrected chi connectivity index (χ2v) is 4.64. The van der Waals surface area contributed by atoms with Crippen LogP contribution in [0.15, 0.2) is 35.0 Å². The molecular weight excluding hydrogens is 268 g/mol. The summed E-state index contributed by atoms with van der Waals surface area (Å²) in [5.41, 5.74) is 12.2. The smallest absolute Gasteiger partial charge is 0.211 e. The normalized spacial score (nSPS) is 10.7. The summed E-state index contributed by atoms with van der Waals surface area (Å²) in [6.45, 7) is 7.69. The van der Waals surface area contributed by atoms with Gasteiger partial charge in [0.1, 0.15) is 0 Å². The first-order valence-corrected chi connectivity index (χ1v) is 6.58. The molecule has 0 saturated heterocycles. The van der Waals surface area contributed by atoms with Crippen molar-refractivity contribution >= 4 is 12.2 Å². The molecule has 1 rings (SSSR count). The number of nitrogens with zero attached hydrogens (tertiary/aromatic N) is 2. The Morgan fingerprint density at radius 1 is 1.38 bits per heavy atom. The van der Waals surface area contributed by atoms with Gasteiger partial charge in [-0.05, 0) is 38.0 Å². The van der Waals surface area contributed by atoms with E-state index in [1.54, 1.807) is 19.4 Å². The Balaban J connectivity index is 3.24. The SMILES string of the molecule is C=CCc1cc(C=NN=C(N)N)cc(OC)c1OC(C)C. The van der Waals surface area contributed by atoms with Gasteiger partial charge in [-0.15, -0.1) is 11.7 Å². The van der Waals surface area contributed by atoms with E-state index in [1.165, 1.54) is 0 Å². The molecule has 0 atom stereocenters. The predicted octanol–water partition coefficient (Wildman–Crippen LogP) is 1.82. The van der Waals surface area contributed by atoms with Crippen LogP contribution in [0.3, 0.4) is 0 Å². The van der Waals surface area contributed by atoms with Gasteiger partial charge in [-0.1, -0.05) is 6.08 Å².